The molecule has 0 spiro atoms. The van der Waals surface area contributed by atoms with E-state index in [2.05, 4.69) is 89.3 Å². The Balaban J connectivity index is 1.37. The second kappa shape index (κ2) is 7.44. The molecule has 2 bridgehead atoms. The Morgan fingerprint density at radius 3 is 2.56 bits per heavy atom. The Labute approximate surface area is 174 Å². The van der Waals surface area contributed by atoms with Gasteiger partial charge in [0.2, 0.25) is 0 Å². The minimum absolute atomic E-state index is 0.138. The summed E-state index contributed by atoms with van der Waals surface area (Å²) in [5.41, 5.74) is 2.82. The number of hydrogen-bond acceptors (Lipinski definition) is 2. The molecule has 0 saturated heterocycles. The highest BCUT2D eigenvalue weighted by molar-refractivity contribution is 14.1. The number of ether oxygens (including phenoxy) is 2. The average Bonchev–Trinajstić information content (AvgIpc) is 3.32. The molecule has 3 aliphatic rings. The first kappa shape index (κ1) is 17.5. The third-order valence-corrected chi connectivity index (χ3v) is 7.07. The summed E-state index contributed by atoms with van der Waals surface area (Å²) in [7, 11) is 0. The maximum Gasteiger partial charge on any atom is 0.133 e. The molecule has 5 atom stereocenters. The molecule has 0 unspecified atom stereocenters. The van der Waals surface area contributed by atoms with Gasteiger partial charge in [0.05, 0.1) is 16.3 Å². The van der Waals surface area contributed by atoms with Crippen molar-refractivity contribution < 1.29 is 9.47 Å². The molecule has 0 N–H and O–H groups in total. The summed E-state index contributed by atoms with van der Waals surface area (Å²) in [5, 5.41) is 0. The van der Waals surface area contributed by atoms with Crippen LogP contribution in [0.1, 0.15) is 18.4 Å². The fourth-order valence-electron chi connectivity index (χ4n) is 4.98. The van der Waals surface area contributed by atoms with Crippen molar-refractivity contribution in [1.82, 2.24) is 0 Å². The lowest BCUT2D eigenvalue weighted by Gasteiger charge is -2.39. The summed E-state index contributed by atoms with van der Waals surface area (Å²) in [6.45, 7) is 0.666. The van der Waals surface area contributed by atoms with Crippen LogP contribution in [-0.4, -0.2) is 12.2 Å². The zero-order valence-electron chi connectivity index (χ0n) is 15.1. The van der Waals surface area contributed by atoms with Crippen LogP contribution in [0.5, 0.6) is 5.75 Å². The third kappa shape index (κ3) is 3.36. The van der Waals surface area contributed by atoms with Crippen molar-refractivity contribution in [2.45, 2.75) is 31.7 Å². The summed E-state index contributed by atoms with van der Waals surface area (Å²) in [5.74, 6) is 2.67. The van der Waals surface area contributed by atoms with Crippen LogP contribution >= 0.6 is 22.6 Å². The van der Waals surface area contributed by atoms with Gasteiger partial charge in [-0.05, 0) is 65.1 Å². The quantitative estimate of drug-likeness (QED) is 0.408. The molecule has 138 valence electrons. The van der Waals surface area contributed by atoms with Gasteiger partial charge in [0, 0.05) is 11.8 Å². The van der Waals surface area contributed by atoms with Crippen molar-refractivity contribution in [2.75, 3.05) is 0 Å². The Hall–Kier alpha value is -1.59. The molecule has 0 aromatic heterocycles. The molecule has 2 nitrogen and oxygen atoms in total. The standard InChI is InChI=1S/C24H23IO2/c25-19-8-4-5-9-20(19)27-22-13-12-21(26-15-16-6-2-1-3-7-16)23-17-10-11-18(14-17)24(22)23/h1-10,12-13,18,21-24H,11,14-15H2/t18-,21-,22-,23-,24+/m1/s1. The molecule has 3 heteroatoms. The second-order valence-electron chi connectivity index (χ2n) is 7.74. The van der Waals surface area contributed by atoms with Crippen LogP contribution in [0.3, 0.4) is 0 Å². The molecule has 0 radical (unpaired) electrons. The number of fused-ring (bicyclic) bond motifs is 5. The number of hydrogen-bond donors (Lipinski definition) is 0. The normalized spacial score (nSPS) is 30.9. The van der Waals surface area contributed by atoms with Gasteiger partial charge < -0.3 is 9.47 Å². The number of rotatable bonds is 5. The van der Waals surface area contributed by atoms with Crippen LogP contribution in [0.2, 0.25) is 0 Å². The van der Waals surface area contributed by atoms with E-state index in [-0.39, 0.29) is 12.2 Å². The van der Waals surface area contributed by atoms with E-state index in [1.54, 1.807) is 5.57 Å². The molecule has 2 aromatic carbocycles. The topological polar surface area (TPSA) is 18.5 Å². The fraction of sp³-hybridized carbons (Fsp3) is 0.333. The zero-order valence-corrected chi connectivity index (χ0v) is 17.3. The minimum atomic E-state index is 0.138. The highest BCUT2D eigenvalue weighted by atomic mass is 127. The van der Waals surface area contributed by atoms with E-state index in [1.165, 1.54) is 22.0 Å². The maximum absolute atomic E-state index is 6.49. The van der Waals surface area contributed by atoms with E-state index in [0.717, 1.165) is 5.75 Å². The van der Waals surface area contributed by atoms with Crippen molar-refractivity contribution in [3.63, 3.8) is 0 Å². The molecular weight excluding hydrogens is 447 g/mol. The highest BCUT2D eigenvalue weighted by Crippen LogP contribution is 2.54. The lowest BCUT2D eigenvalue weighted by molar-refractivity contribution is -0.00655. The monoisotopic (exact) mass is 470 g/mol. The molecule has 27 heavy (non-hydrogen) atoms. The number of para-hydroxylation sites is 1. The Kier molecular flexibility index (Phi) is 4.82. The number of halogens is 1. The van der Waals surface area contributed by atoms with Gasteiger partial charge in [-0.3, -0.25) is 0 Å². The Morgan fingerprint density at radius 1 is 0.926 bits per heavy atom. The van der Waals surface area contributed by atoms with Gasteiger partial charge in [-0.25, -0.2) is 0 Å². The van der Waals surface area contributed by atoms with Crippen LogP contribution < -0.4 is 4.74 Å². The summed E-state index contributed by atoms with van der Waals surface area (Å²) in [6.07, 6.45) is 9.65. The Bertz CT molecular complexity index is 873. The van der Waals surface area contributed by atoms with Gasteiger partial charge >= 0.3 is 0 Å². The summed E-state index contributed by atoms with van der Waals surface area (Å²) < 4.78 is 14.0. The van der Waals surface area contributed by atoms with E-state index in [4.69, 9.17) is 9.47 Å². The van der Waals surface area contributed by atoms with Crippen LogP contribution in [-0.2, 0) is 11.3 Å². The van der Waals surface area contributed by atoms with Crippen LogP contribution in [0.25, 0.3) is 0 Å². The smallest absolute Gasteiger partial charge is 0.133 e. The van der Waals surface area contributed by atoms with Gasteiger partial charge in [0.15, 0.2) is 0 Å². The largest absolute Gasteiger partial charge is 0.485 e. The van der Waals surface area contributed by atoms with E-state index < -0.39 is 0 Å². The van der Waals surface area contributed by atoms with Crippen molar-refractivity contribution in [1.29, 1.82) is 0 Å². The minimum Gasteiger partial charge on any atom is -0.485 e. The number of benzene rings is 2. The van der Waals surface area contributed by atoms with Crippen LogP contribution in [0.4, 0.5) is 0 Å². The second-order valence-corrected chi connectivity index (χ2v) is 8.90. The lowest BCUT2D eigenvalue weighted by Crippen LogP contribution is -2.42. The van der Waals surface area contributed by atoms with Crippen molar-refractivity contribution >= 4 is 22.6 Å². The van der Waals surface area contributed by atoms with Gasteiger partial charge in [-0.2, -0.15) is 0 Å². The molecule has 0 aliphatic heterocycles. The first-order chi connectivity index (χ1) is 13.3. The molecular formula is C24H23IO2. The third-order valence-electron chi connectivity index (χ3n) is 6.18. The Morgan fingerprint density at radius 2 is 1.70 bits per heavy atom. The average molecular weight is 470 g/mol. The summed E-state index contributed by atoms with van der Waals surface area (Å²) in [6, 6.07) is 18.8. The summed E-state index contributed by atoms with van der Waals surface area (Å²) >= 11 is 2.36. The fourth-order valence-corrected chi connectivity index (χ4v) is 5.49. The first-order valence-corrected chi connectivity index (χ1v) is 10.8. The molecule has 1 saturated carbocycles. The van der Waals surface area contributed by atoms with Crippen LogP contribution in [0.15, 0.2) is 78.4 Å². The molecule has 3 aliphatic carbocycles. The summed E-state index contributed by atoms with van der Waals surface area (Å²) in [4.78, 5) is 0. The molecule has 5 rings (SSSR count). The van der Waals surface area contributed by atoms with Crippen molar-refractivity contribution in [3.8, 4) is 5.75 Å². The van der Waals surface area contributed by atoms with Gasteiger partial charge in [0.1, 0.15) is 11.9 Å². The molecule has 1 fully saturated rings. The van der Waals surface area contributed by atoms with Crippen LogP contribution in [0, 0.1) is 21.3 Å². The molecule has 2 aromatic rings. The van der Waals surface area contributed by atoms with Gasteiger partial charge in [-0.15, -0.1) is 0 Å². The molecule has 0 heterocycles. The van der Waals surface area contributed by atoms with E-state index in [9.17, 15) is 0 Å². The predicted octanol–water partition coefficient (Wildman–Crippen LogP) is 5.78. The SMILES string of the molecule is Ic1ccccc1O[C@@H]1C=C[C@@H](OCc2ccccc2)[C@H]2C3=CC[C@H](C3)[C@H]21. The van der Waals surface area contributed by atoms with E-state index in [1.807, 2.05) is 6.07 Å². The van der Waals surface area contributed by atoms with Crippen molar-refractivity contribution in [2.24, 2.45) is 17.8 Å². The van der Waals surface area contributed by atoms with E-state index >= 15 is 0 Å². The zero-order chi connectivity index (χ0) is 18.2. The lowest BCUT2D eigenvalue weighted by atomic mass is 9.73. The van der Waals surface area contributed by atoms with E-state index in [0.29, 0.717) is 24.4 Å². The van der Waals surface area contributed by atoms with Gasteiger partial charge in [-0.1, -0.05) is 60.2 Å². The van der Waals surface area contributed by atoms with Gasteiger partial charge in [0.25, 0.3) is 0 Å². The maximum atomic E-state index is 6.49. The number of allylic oxidation sites excluding steroid dienone is 1. The predicted molar refractivity (Wildman–Crippen MR) is 116 cm³/mol. The first-order valence-electron chi connectivity index (χ1n) is 9.73. The molecule has 0 amide bonds. The highest BCUT2D eigenvalue weighted by Gasteiger charge is 2.51. The van der Waals surface area contributed by atoms with Crippen molar-refractivity contribution in [3.05, 3.63) is 87.5 Å².